The van der Waals surface area contributed by atoms with Crippen molar-refractivity contribution in [3.63, 3.8) is 0 Å². The van der Waals surface area contributed by atoms with E-state index >= 15 is 0 Å². The number of aryl methyl sites for hydroxylation is 1. The van der Waals surface area contributed by atoms with Gasteiger partial charge in [-0.25, -0.2) is 4.79 Å². The van der Waals surface area contributed by atoms with Crippen molar-refractivity contribution in [2.24, 2.45) is 5.92 Å². The third kappa shape index (κ3) is 5.19. The van der Waals surface area contributed by atoms with Crippen LogP contribution in [0.1, 0.15) is 50.4 Å². The smallest absolute Gasteiger partial charge is 0.317 e. The zero-order valence-corrected chi connectivity index (χ0v) is 17.1. The van der Waals surface area contributed by atoms with Gasteiger partial charge in [0.1, 0.15) is 6.04 Å². The van der Waals surface area contributed by atoms with Crippen LogP contribution in [0.15, 0.2) is 4.52 Å². The Morgan fingerprint density at radius 2 is 1.93 bits per heavy atom. The molecule has 0 aromatic carbocycles. The summed E-state index contributed by atoms with van der Waals surface area (Å²) < 4.78 is 5.18. The largest absolute Gasteiger partial charge is 0.338 e. The van der Waals surface area contributed by atoms with Crippen LogP contribution in [-0.2, 0) is 0 Å². The molecule has 0 bridgehead atoms. The Balaban J connectivity index is 1.38. The lowest BCUT2D eigenvalue weighted by Gasteiger charge is -2.41. The number of urea groups is 1. The highest BCUT2D eigenvalue weighted by molar-refractivity contribution is 5.74. The number of hydrogen-bond donors (Lipinski definition) is 1. The number of hydrogen-bond acceptors (Lipinski definition) is 6. The lowest BCUT2D eigenvalue weighted by Crippen LogP contribution is -2.48. The van der Waals surface area contributed by atoms with Crippen molar-refractivity contribution in [3.8, 4) is 0 Å². The molecule has 3 rings (SSSR count). The van der Waals surface area contributed by atoms with Gasteiger partial charge in [-0.1, -0.05) is 5.16 Å². The van der Waals surface area contributed by atoms with Crippen molar-refractivity contribution in [1.29, 1.82) is 0 Å². The minimum Gasteiger partial charge on any atom is -0.338 e. The Hall–Kier alpha value is -1.67. The van der Waals surface area contributed by atoms with Gasteiger partial charge >= 0.3 is 6.03 Å². The fourth-order valence-corrected chi connectivity index (χ4v) is 4.06. The van der Waals surface area contributed by atoms with Crippen LogP contribution in [0.3, 0.4) is 0 Å². The number of carbonyl (C=O) groups excluding carboxylic acids is 1. The maximum Gasteiger partial charge on any atom is 0.317 e. The van der Waals surface area contributed by atoms with Crippen molar-refractivity contribution in [3.05, 3.63) is 11.7 Å². The SMILES string of the molecule is Cc1noc([C@H](C)N(C)C(=O)NCC2CCN(C3CCN(C)CC3)CC2)n1. The number of piperidine rings is 2. The molecule has 0 spiro atoms. The van der Waals surface area contributed by atoms with E-state index in [1.165, 1.54) is 25.9 Å². The van der Waals surface area contributed by atoms with Crippen LogP contribution in [0.5, 0.6) is 0 Å². The molecule has 1 atom stereocenters. The number of nitrogens with zero attached hydrogens (tertiary/aromatic N) is 5. The normalized spacial score (nSPS) is 21.9. The van der Waals surface area contributed by atoms with Gasteiger partial charge in [0.2, 0.25) is 5.89 Å². The molecule has 2 aliphatic rings. The maximum absolute atomic E-state index is 12.5. The van der Waals surface area contributed by atoms with Gasteiger partial charge in [0.15, 0.2) is 5.82 Å². The average molecular weight is 379 g/mol. The van der Waals surface area contributed by atoms with Crippen LogP contribution < -0.4 is 5.32 Å². The summed E-state index contributed by atoms with van der Waals surface area (Å²) in [5.41, 5.74) is 0. The summed E-state index contributed by atoms with van der Waals surface area (Å²) in [6.07, 6.45) is 4.90. The van der Waals surface area contributed by atoms with Crippen molar-refractivity contribution in [1.82, 2.24) is 30.2 Å². The van der Waals surface area contributed by atoms with E-state index in [0.717, 1.165) is 38.5 Å². The Morgan fingerprint density at radius 1 is 1.26 bits per heavy atom. The van der Waals surface area contributed by atoms with E-state index < -0.39 is 0 Å². The van der Waals surface area contributed by atoms with E-state index in [4.69, 9.17) is 4.52 Å². The molecular formula is C19H34N6O2. The van der Waals surface area contributed by atoms with E-state index in [0.29, 0.717) is 17.6 Å². The van der Waals surface area contributed by atoms with Crippen LogP contribution in [0, 0.1) is 12.8 Å². The molecule has 27 heavy (non-hydrogen) atoms. The van der Waals surface area contributed by atoms with Crippen molar-refractivity contribution in [2.75, 3.05) is 46.8 Å². The second-order valence-electron chi connectivity index (χ2n) is 8.17. The van der Waals surface area contributed by atoms with E-state index in [1.54, 1.807) is 18.9 Å². The fourth-order valence-electron chi connectivity index (χ4n) is 4.06. The molecule has 1 aromatic heterocycles. The van der Waals surface area contributed by atoms with E-state index in [1.807, 2.05) is 6.92 Å². The molecule has 2 amide bonds. The number of nitrogens with one attached hydrogen (secondary N) is 1. The number of rotatable bonds is 5. The highest BCUT2D eigenvalue weighted by atomic mass is 16.5. The van der Waals surface area contributed by atoms with Gasteiger partial charge in [-0.05, 0) is 78.7 Å². The maximum atomic E-state index is 12.5. The number of amides is 2. The standard InChI is InChI=1S/C19H34N6O2/c1-14(18-21-15(2)22-27-18)24(4)19(26)20-13-16-5-11-25(12-6-16)17-7-9-23(3)10-8-17/h14,16-17H,5-13H2,1-4H3,(H,20,26)/t14-/m0/s1. The Bertz CT molecular complexity index is 605. The summed E-state index contributed by atoms with van der Waals surface area (Å²) in [7, 11) is 3.98. The Morgan fingerprint density at radius 3 is 2.52 bits per heavy atom. The third-order valence-electron chi connectivity index (χ3n) is 6.20. The molecule has 1 aromatic rings. The van der Waals surface area contributed by atoms with Gasteiger partial charge in [-0.3, -0.25) is 0 Å². The summed E-state index contributed by atoms with van der Waals surface area (Å²) in [5.74, 6) is 1.62. The number of aromatic nitrogens is 2. The first kappa shape index (κ1) is 20.1. The molecule has 0 radical (unpaired) electrons. The van der Waals surface area contributed by atoms with Gasteiger partial charge in [-0.15, -0.1) is 0 Å². The predicted octanol–water partition coefficient (Wildman–Crippen LogP) is 1.89. The first-order valence-corrected chi connectivity index (χ1v) is 10.2. The van der Waals surface area contributed by atoms with Crippen molar-refractivity contribution in [2.45, 2.75) is 51.6 Å². The summed E-state index contributed by atoms with van der Waals surface area (Å²) in [6, 6.07) is 0.426. The lowest BCUT2D eigenvalue weighted by molar-refractivity contribution is 0.0851. The number of likely N-dealkylation sites (tertiary alicyclic amines) is 2. The van der Waals surface area contributed by atoms with E-state index in [-0.39, 0.29) is 12.1 Å². The summed E-state index contributed by atoms with van der Waals surface area (Å²) in [5, 5.41) is 6.88. The van der Waals surface area contributed by atoms with Crippen LogP contribution >= 0.6 is 0 Å². The summed E-state index contributed by atoms with van der Waals surface area (Å²) >= 11 is 0. The molecule has 152 valence electrons. The van der Waals surface area contributed by atoms with Gasteiger partial charge < -0.3 is 24.5 Å². The average Bonchev–Trinajstić information content (AvgIpc) is 3.12. The highest BCUT2D eigenvalue weighted by Gasteiger charge is 2.28. The molecule has 1 N–H and O–H groups in total. The molecule has 8 nitrogen and oxygen atoms in total. The molecule has 0 aliphatic carbocycles. The minimum absolute atomic E-state index is 0.0869. The van der Waals surface area contributed by atoms with Crippen molar-refractivity contribution < 1.29 is 9.32 Å². The van der Waals surface area contributed by atoms with E-state index in [2.05, 4.69) is 32.3 Å². The molecule has 0 unspecified atom stereocenters. The quantitative estimate of drug-likeness (QED) is 0.843. The monoisotopic (exact) mass is 378 g/mol. The molecule has 2 aliphatic heterocycles. The van der Waals surface area contributed by atoms with E-state index in [9.17, 15) is 4.79 Å². The second-order valence-corrected chi connectivity index (χ2v) is 8.17. The zero-order chi connectivity index (χ0) is 19.4. The summed E-state index contributed by atoms with van der Waals surface area (Å²) in [4.78, 5) is 23.4. The molecule has 3 heterocycles. The fraction of sp³-hybridized carbons (Fsp3) is 0.842. The van der Waals surface area contributed by atoms with Crippen LogP contribution in [0.2, 0.25) is 0 Å². The van der Waals surface area contributed by atoms with Crippen LogP contribution in [0.4, 0.5) is 4.79 Å². The number of carbonyl (C=O) groups is 1. The first-order valence-electron chi connectivity index (χ1n) is 10.2. The zero-order valence-electron chi connectivity index (χ0n) is 17.1. The molecule has 2 fully saturated rings. The molecular weight excluding hydrogens is 344 g/mol. The summed E-state index contributed by atoms with van der Waals surface area (Å²) in [6.45, 7) is 9.14. The van der Waals surface area contributed by atoms with Gasteiger partial charge in [-0.2, -0.15) is 4.98 Å². The molecule has 8 heteroatoms. The molecule has 2 saturated heterocycles. The third-order valence-corrected chi connectivity index (χ3v) is 6.20. The van der Waals surface area contributed by atoms with Gasteiger partial charge in [0, 0.05) is 19.6 Å². The van der Waals surface area contributed by atoms with Crippen LogP contribution in [-0.4, -0.2) is 83.7 Å². The van der Waals surface area contributed by atoms with Crippen LogP contribution in [0.25, 0.3) is 0 Å². The first-order chi connectivity index (χ1) is 12.9. The topological polar surface area (TPSA) is 77.7 Å². The lowest BCUT2D eigenvalue weighted by atomic mass is 9.93. The van der Waals surface area contributed by atoms with Gasteiger partial charge in [0.25, 0.3) is 0 Å². The highest BCUT2D eigenvalue weighted by Crippen LogP contribution is 2.23. The Labute approximate surface area is 162 Å². The predicted molar refractivity (Wildman–Crippen MR) is 103 cm³/mol. The van der Waals surface area contributed by atoms with Gasteiger partial charge in [0.05, 0.1) is 0 Å². The van der Waals surface area contributed by atoms with Crippen molar-refractivity contribution >= 4 is 6.03 Å². The minimum atomic E-state index is -0.238. The second kappa shape index (κ2) is 9.01. The molecule has 0 saturated carbocycles. The Kier molecular flexibility index (Phi) is 6.70.